The van der Waals surface area contributed by atoms with E-state index in [1.807, 2.05) is 30.3 Å². The highest BCUT2D eigenvalue weighted by molar-refractivity contribution is 7.71. The van der Waals surface area contributed by atoms with Gasteiger partial charge in [-0.1, -0.05) is 18.2 Å². The first-order valence-corrected chi connectivity index (χ1v) is 8.09. The van der Waals surface area contributed by atoms with Crippen molar-refractivity contribution in [2.75, 3.05) is 20.2 Å². The van der Waals surface area contributed by atoms with Crippen molar-refractivity contribution in [3.63, 3.8) is 0 Å². The molecule has 0 bridgehead atoms. The number of carbonyl (C=O) groups excluding carboxylic acids is 1. The van der Waals surface area contributed by atoms with Crippen molar-refractivity contribution in [1.29, 1.82) is 0 Å². The topological polar surface area (TPSA) is 66.4 Å². The number of benzene rings is 1. The first-order chi connectivity index (χ1) is 11.2. The van der Waals surface area contributed by atoms with Crippen LogP contribution in [0.3, 0.4) is 0 Å². The third-order valence-corrected chi connectivity index (χ3v) is 4.62. The van der Waals surface area contributed by atoms with Gasteiger partial charge in [0.05, 0.1) is 31.8 Å². The molecule has 2 aromatic rings. The summed E-state index contributed by atoms with van der Waals surface area (Å²) >= 11 is 5.47. The molecule has 2 heterocycles. The van der Waals surface area contributed by atoms with Crippen LogP contribution in [-0.4, -0.2) is 46.0 Å². The Balaban J connectivity index is 1.65. The number of carbonyl (C=O) groups is 1. The molecule has 0 unspecified atom stereocenters. The summed E-state index contributed by atoms with van der Waals surface area (Å²) in [6.45, 7) is 2.47. The number of hydrogen-bond acceptors (Lipinski definition) is 5. The van der Waals surface area contributed by atoms with Crippen LogP contribution in [0.5, 0.6) is 0 Å². The Kier molecular flexibility index (Phi) is 4.82. The summed E-state index contributed by atoms with van der Waals surface area (Å²) in [4.78, 5) is 12.9. The fourth-order valence-corrected chi connectivity index (χ4v) is 3.15. The number of quaternary nitrogens is 1. The van der Waals surface area contributed by atoms with Crippen LogP contribution in [0.2, 0.25) is 0 Å². The summed E-state index contributed by atoms with van der Waals surface area (Å²) in [5.41, 5.74) is 0.906. The van der Waals surface area contributed by atoms with Gasteiger partial charge in [-0.2, -0.15) is 9.36 Å². The van der Waals surface area contributed by atoms with E-state index in [4.69, 9.17) is 17.0 Å². The minimum absolute atomic E-state index is 0.0247. The maximum atomic E-state index is 11.6. The van der Waals surface area contributed by atoms with Gasteiger partial charge < -0.3 is 9.64 Å². The molecule has 1 N–H and O–H groups in total. The van der Waals surface area contributed by atoms with E-state index in [-0.39, 0.29) is 11.9 Å². The van der Waals surface area contributed by atoms with Crippen LogP contribution in [0.1, 0.15) is 12.8 Å². The zero-order chi connectivity index (χ0) is 16.2. The zero-order valence-corrected chi connectivity index (χ0v) is 13.8. The molecule has 3 rings (SSSR count). The molecule has 1 fully saturated rings. The van der Waals surface area contributed by atoms with Gasteiger partial charge in [-0.15, -0.1) is 0 Å². The van der Waals surface area contributed by atoms with Crippen LogP contribution in [-0.2, 0) is 16.2 Å². The largest absolute Gasteiger partial charge is 0.469 e. The summed E-state index contributed by atoms with van der Waals surface area (Å²) < 4.78 is 8.81. The van der Waals surface area contributed by atoms with Gasteiger partial charge in [0.15, 0.2) is 6.67 Å². The molecular formula is C15H20N5O2S+. The van der Waals surface area contributed by atoms with E-state index < -0.39 is 0 Å². The number of hydrogen-bond donors (Lipinski definition) is 1. The fraction of sp³-hybridized carbons (Fsp3) is 0.467. The predicted octanol–water partition coefficient (Wildman–Crippen LogP) is 0.224. The summed E-state index contributed by atoms with van der Waals surface area (Å²) in [6.07, 6.45) is 1.67. The van der Waals surface area contributed by atoms with E-state index in [1.54, 1.807) is 9.36 Å². The molecule has 1 aliphatic heterocycles. The van der Waals surface area contributed by atoms with Crippen molar-refractivity contribution in [2.45, 2.75) is 19.5 Å². The fourth-order valence-electron chi connectivity index (χ4n) is 2.90. The third kappa shape index (κ3) is 3.48. The van der Waals surface area contributed by atoms with Crippen LogP contribution < -0.4 is 4.90 Å². The van der Waals surface area contributed by atoms with Crippen molar-refractivity contribution in [1.82, 2.24) is 19.8 Å². The number of ether oxygens (including phenoxy) is 1. The van der Waals surface area contributed by atoms with Crippen molar-refractivity contribution < 1.29 is 14.4 Å². The van der Waals surface area contributed by atoms with Gasteiger partial charge in [-0.25, -0.2) is 0 Å². The number of tetrazole rings is 1. The van der Waals surface area contributed by atoms with E-state index in [2.05, 4.69) is 10.4 Å². The molecule has 7 nitrogen and oxygen atoms in total. The number of para-hydroxylation sites is 1. The standard InChI is InChI=1S/C15H19N5O2S/c1-22-14(21)12-7-9-18(10-8-12)11-19-15(23)20(17-16-19)13-5-3-2-4-6-13/h2-6,12H,7-11H2,1H3/p+1. The normalized spacial score (nSPS) is 21.1. The van der Waals surface area contributed by atoms with Crippen LogP contribution in [0.15, 0.2) is 30.3 Å². The second kappa shape index (κ2) is 7.01. The van der Waals surface area contributed by atoms with Gasteiger partial charge in [-0.05, 0) is 34.8 Å². The molecule has 1 saturated heterocycles. The molecule has 1 aromatic heterocycles. The zero-order valence-electron chi connectivity index (χ0n) is 13.0. The highest BCUT2D eigenvalue weighted by Gasteiger charge is 2.28. The summed E-state index contributed by atoms with van der Waals surface area (Å²) in [7, 11) is 1.45. The average molecular weight is 334 g/mol. The first kappa shape index (κ1) is 15.8. The number of aromatic nitrogens is 4. The minimum atomic E-state index is -0.101. The maximum Gasteiger partial charge on any atom is 0.309 e. The number of nitrogens with one attached hydrogen (secondary N) is 1. The Hall–Kier alpha value is -2.06. The van der Waals surface area contributed by atoms with Gasteiger partial charge in [-0.3, -0.25) is 4.79 Å². The molecular weight excluding hydrogens is 314 g/mol. The molecule has 1 aromatic carbocycles. The molecule has 122 valence electrons. The van der Waals surface area contributed by atoms with Gasteiger partial charge in [0.1, 0.15) is 0 Å². The Labute approximate surface area is 139 Å². The van der Waals surface area contributed by atoms with Crippen molar-refractivity contribution in [2.24, 2.45) is 5.92 Å². The van der Waals surface area contributed by atoms with E-state index in [1.165, 1.54) is 12.0 Å². The van der Waals surface area contributed by atoms with E-state index in [0.29, 0.717) is 11.4 Å². The molecule has 0 atom stereocenters. The molecule has 8 heteroatoms. The summed E-state index contributed by atoms with van der Waals surface area (Å²) in [6, 6.07) is 9.73. The lowest BCUT2D eigenvalue weighted by Gasteiger charge is -2.27. The van der Waals surface area contributed by atoms with Gasteiger partial charge in [0, 0.05) is 12.8 Å². The highest BCUT2D eigenvalue weighted by Crippen LogP contribution is 2.11. The molecule has 23 heavy (non-hydrogen) atoms. The Morgan fingerprint density at radius 3 is 2.65 bits per heavy atom. The van der Waals surface area contributed by atoms with Gasteiger partial charge in [0.25, 0.3) is 0 Å². The molecule has 0 aliphatic carbocycles. The Morgan fingerprint density at radius 2 is 2.00 bits per heavy atom. The maximum absolute atomic E-state index is 11.6. The molecule has 1 aliphatic rings. The smallest absolute Gasteiger partial charge is 0.309 e. The van der Waals surface area contributed by atoms with E-state index in [9.17, 15) is 4.79 Å². The summed E-state index contributed by atoms with van der Waals surface area (Å²) in [5, 5.41) is 8.32. The monoisotopic (exact) mass is 334 g/mol. The van der Waals surface area contributed by atoms with E-state index in [0.717, 1.165) is 31.6 Å². The third-order valence-electron chi connectivity index (χ3n) is 4.24. The van der Waals surface area contributed by atoms with Crippen LogP contribution in [0.4, 0.5) is 0 Å². The average Bonchev–Trinajstić information content (AvgIpc) is 2.96. The number of nitrogens with zero attached hydrogens (tertiary/aromatic N) is 4. The lowest BCUT2D eigenvalue weighted by molar-refractivity contribution is -0.929. The van der Waals surface area contributed by atoms with Crippen molar-refractivity contribution in [3.8, 4) is 5.69 Å². The van der Waals surface area contributed by atoms with Gasteiger partial charge in [0.2, 0.25) is 4.77 Å². The first-order valence-electron chi connectivity index (χ1n) is 7.68. The quantitative estimate of drug-likeness (QED) is 0.640. The molecule has 0 spiro atoms. The second-order valence-corrected chi connectivity index (χ2v) is 6.08. The predicted molar refractivity (Wildman–Crippen MR) is 85.6 cm³/mol. The van der Waals surface area contributed by atoms with Crippen molar-refractivity contribution in [3.05, 3.63) is 35.1 Å². The van der Waals surface area contributed by atoms with Crippen LogP contribution >= 0.6 is 12.2 Å². The number of methoxy groups -OCH3 is 1. The van der Waals surface area contributed by atoms with Crippen molar-refractivity contribution >= 4 is 18.2 Å². The molecule has 0 saturated carbocycles. The van der Waals surface area contributed by atoms with Crippen LogP contribution in [0.25, 0.3) is 5.69 Å². The second-order valence-electron chi connectivity index (χ2n) is 5.71. The van der Waals surface area contributed by atoms with Gasteiger partial charge >= 0.3 is 5.97 Å². The molecule has 0 radical (unpaired) electrons. The summed E-state index contributed by atoms with van der Waals surface area (Å²) in [5.74, 6) is -0.0765. The Bertz CT molecular complexity index is 719. The van der Waals surface area contributed by atoms with Crippen LogP contribution in [0, 0.1) is 10.7 Å². The minimum Gasteiger partial charge on any atom is -0.469 e. The number of likely N-dealkylation sites (tertiary alicyclic amines) is 1. The SMILES string of the molecule is COC(=O)C1CC[NH+](Cn2nnn(-c3ccccc3)c2=S)CC1. The Morgan fingerprint density at radius 1 is 1.30 bits per heavy atom. The van der Waals surface area contributed by atoms with E-state index >= 15 is 0 Å². The number of rotatable bonds is 4. The lowest BCUT2D eigenvalue weighted by atomic mass is 9.97. The lowest BCUT2D eigenvalue weighted by Crippen LogP contribution is -3.12. The number of esters is 1. The highest BCUT2D eigenvalue weighted by atomic mass is 32.1. The molecule has 0 amide bonds. The number of piperidine rings is 1.